The Bertz CT molecular complexity index is 742. The summed E-state index contributed by atoms with van der Waals surface area (Å²) in [5, 5.41) is 7.13. The Kier molecular flexibility index (Phi) is 5.11. The van der Waals surface area contributed by atoms with Crippen molar-refractivity contribution in [3.05, 3.63) is 42.4 Å². The predicted octanol–water partition coefficient (Wildman–Crippen LogP) is 1.39. The highest BCUT2D eigenvalue weighted by atomic mass is 16.2. The van der Waals surface area contributed by atoms with E-state index in [0.717, 1.165) is 5.56 Å². The molecule has 7 nitrogen and oxygen atoms in total. The molecule has 0 spiro atoms. The minimum absolute atomic E-state index is 0.0625. The van der Waals surface area contributed by atoms with Gasteiger partial charge in [-0.2, -0.15) is 5.10 Å². The molecule has 3 heterocycles. The van der Waals surface area contributed by atoms with Gasteiger partial charge < -0.3 is 10.2 Å². The first-order valence-electron chi connectivity index (χ1n) is 8.54. The van der Waals surface area contributed by atoms with Gasteiger partial charge in [-0.15, -0.1) is 0 Å². The molecule has 0 unspecified atom stereocenters. The number of hydrogen-bond donors (Lipinski definition) is 1. The summed E-state index contributed by atoms with van der Waals surface area (Å²) in [7, 11) is 0. The fraction of sp³-hybridized carbons (Fsp3) is 0.444. The van der Waals surface area contributed by atoms with Crippen molar-refractivity contribution in [3.63, 3.8) is 0 Å². The van der Waals surface area contributed by atoms with E-state index in [1.165, 1.54) is 0 Å². The highest BCUT2D eigenvalue weighted by Gasteiger charge is 2.34. The van der Waals surface area contributed by atoms with E-state index < -0.39 is 0 Å². The van der Waals surface area contributed by atoms with Crippen molar-refractivity contribution >= 4 is 11.8 Å². The van der Waals surface area contributed by atoms with E-state index in [1.54, 1.807) is 22.0 Å². The lowest BCUT2D eigenvalue weighted by atomic mass is 10.1. The van der Waals surface area contributed by atoms with Crippen LogP contribution in [0.1, 0.15) is 25.8 Å². The van der Waals surface area contributed by atoms with Crippen LogP contribution in [0.4, 0.5) is 0 Å². The quantitative estimate of drug-likeness (QED) is 0.861. The fourth-order valence-electron chi connectivity index (χ4n) is 3.06. The van der Waals surface area contributed by atoms with Gasteiger partial charge >= 0.3 is 0 Å². The second-order valence-corrected chi connectivity index (χ2v) is 6.75. The summed E-state index contributed by atoms with van der Waals surface area (Å²) >= 11 is 0. The Hall–Kier alpha value is -2.70. The fourth-order valence-corrected chi connectivity index (χ4v) is 3.06. The van der Waals surface area contributed by atoms with Crippen LogP contribution in [0, 0.1) is 11.8 Å². The van der Waals surface area contributed by atoms with Crippen molar-refractivity contribution in [3.8, 4) is 5.82 Å². The van der Waals surface area contributed by atoms with Crippen LogP contribution in [-0.2, 0) is 16.1 Å². The average molecular weight is 341 g/mol. The summed E-state index contributed by atoms with van der Waals surface area (Å²) in [6.45, 7) is 5.70. The second-order valence-electron chi connectivity index (χ2n) is 6.75. The van der Waals surface area contributed by atoms with Gasteiger partial charge in [-0.1, -0.05) is 19.9 Å². The molecule has 1 saturated heterocycles. The summed E-state index contributed by atoms with van der Waals surface area (Å²) < 4.78 is 1.67. The van der Waals surface area contributed by atoms with Gasteiger partial charge in [0.1, 0.15) is 0 Å². The Morgan fingerprint density at radius 1 is 1.36 bits per heavy atom. The van der Waals surface area contributed by atoms with Crippen molar-refractivity contribution in [2.75, 3.05) is 13.1 Å². The van der Waals surface area contributed by atoms with Crippen molar-refractivity contribution < 1.29 is 9.59 Å². The number of amides is 2. The zero-order valence-electron chi connectivity index (χ0n) is 14.6. The topological polar surface area (TPSA) is 80.1 Å². The van der Waals surface area contributed by atoms with Crippen LogP contribution >= 0.6 is 0 Å². The SMILES string of the molecule is CC(C)CN1C[C@@H](C(=O)NCc2cccnc2-n2cccn2)CC1=O. The van der Waals surface area contributed by atoms with Crippen LogP contribution in [-0.4, -0.2) is 44.6 Å². The molecule has 7 heteroatoms. The van der Waals surface area contributed by atoms with Crippen LogP contribution in [0.5, 0.6) is 0 Å². The first-order valence-corrected chi connectivity index (χ1v) is 8.54. The Labute approximate surface area is 147 Å². The van der Waals surface area contributed by atoms with E-state index in [0.29, 0.717) is 31.4 Å². The molecule has 0 bridgehead atoms. The van der Waals surface area contributed by atoms with Gasteiger partial charge in [0.2, 0.25) is 11.8 Å². The number of likely N-dealkylation sites (tertiary alicyclic amines) is 1. The Morgan fingerprint density at radius 2 is 2.20 bits per heavy atom. The van der Waals surface area contributed by atoms with E-state index in [9.17, 15) is 9.59 Å². The summed E-state index contributed by atoms with van der Waals surface area (Å²) in [6.07, 6.45) is 5.48. The predicted molar refractivity (Wildman–Crippen MR) is 92.7 cm³/mol. The largest absolute Gasteiger partial charge is 0.352 e. The average Bonchev–Trinajstić information content (AvgIpc) is 3.23. The second kappa shape index (κ2) is 7.46. The van der Waals surface area contributed by atoms with E-state index in [-0.39, 0.29) is 24.2 Å². The highest BCUT2D eigenvalue weighted by Crippen LogP contribution is 2.19. The van der Waals surface area contributed by atoms with Crippen LogP contribution < -0.4 is 5.32 Å². The summed E-state index contributed by atoms with van der Waals surface area (Å²) in [4.78, 5) is 30.6. The number of carbonyl (C=O) groups is 2. The molecule has 1 atom stereocenters. The molecule has 2 aromatic heterocycles. The maximum Gasteiger partial charge on any atom is 0.225 e. The maximum absolute atomic E-state index is 12.5. The minimum Gasteiger partial charge on any atom is -0.352 e. The van der Waals surface area contributed by atoms with E-state index in [1.807, 2.05) is 24.4 Å². The smallest absolute Gasteiger partial charge is 0.225 e. The lowest BCUT2D eigenvalue weighted by Gasteiger charge is -2.18. The number of carbonyl (C=O) groups excluding carboxylic acids is 2. The standard InChI is InChI=1S/C18H23N5O2/c1-13(2)11-22-12-15(9-16(22)24)18(25)20-10-14-5-3-6-19-17(14)23-8-4-7-21-23/h3-8,13,15H,9-12H2,1-2H3,(H,20,25)/t15-/m0/s1. The molecule has 1 fully saturated rings. The number of nitrogens with zero attached hydrogens (tertiary/aromatic N) is 4. The molecular weight excluding hydrogens is 318 g/mol. The number of hydrogen-bond acceptors (Lipinski definition) is 4. The third-order valence-corrected chi connectivity index (χ3v) is 4.21. The first kappa shape index (κ1) is 17.1. The molecule has 1 N–H and O–H groups in total. The normalized spacial score (nSPS) is 17.3. The van der Waals surface area contributed by atoms with E-state index >= 15 is 0 Å². The molecule has 1 aliphatic rings. The molecule has 132 valence electrons. The third kappa shape index (κ3) is 4.04. The third-order valence-electron chi connectivity index (χ3n) is 4.21. The van der Waals surface area contributed by atoms with Gasteiger partial charge in [0.25, 0.3) is 0 Å². The molecule has 3 rings (SSSR count). The molecule has 0 aromatic carbocycles. The van der Waals surface area contributed by atoms with Crippen molar-refractivity contribution in [1.29, 1.82) is 0 Å². The van der Waals surface area contributed by atoms with Crippen LogP contribution in [0.2, 0.25) is 0 Å². The zero-order valence-corrected chi connectivity index (χ0v) is 14.6. The van der Waals surface area contributed by atoms with Crippen LogP contribution in [0.3, 0.4) is 0 Å². The number of aromatic nitrogens is 3. The van der Waals surface area contributed by atoms with Gasteiger partial charge in [-0.3, -0.25) is 9.59 Å². The van der Waals surface area contributed by atoms with Gasteiger partial charge in [0, 0.05) is 50.2 Å². The van der Waals surface area contributed by atoms with Crippen molar-refractivity contribution in [1.82, 2.24) is 25.0 Å². The van der Waals surface area contributed by atoms with Crippen molar-refractivity contribution in [2.45, 2.75) is 26.8 Å². The maximum atomic E-state index is 12.5. The number of nitrogens with one attached hydrogen (secondary N) is 1. The molecule has 25 heavy (non-hydrogen) atoms. The Morgan fingerprint density at radius 3 is 2.92 bits per heavy atom. The zero-order chi connectivity index (χ0) is 17.8. The molecule has 2 amide bonds. The van der Waals surface area contributed by atoms with Gasteiger partial charge in [0.15, 0.2) is 5.82 Å². The highest BCUT2D eigenvalue weighted by molar-refractivity contribution is 5.89. The van der Waals surface area contributed by atoms with Gasteiger partial charge in [-0.05, 0) is 18.1 Å². The molecule has 0 aliphatic carbocycles. The monoisotopic (exact) mass is 341 g/mol. The van der Waals surface area contributed by atoms with E-state index in [2.05, 4.69) is 29.2 Å². The van der Waals surface area contributed by atoms with Gasteiger partial charge in [0.05, 0.1) is 5.92 Å². The molecule has 2 aromatic rings. The molecule has 1 aliphatic heterocycles. The van der Waals surface area contributed by atoms with Crippen LogP contribution in [0.25, 0.3) is 5.82 Å². The molecule has 0 saturated carbocycles. The lowest BCUT2D eigenvalue weighted by Crippen LogP contribution is -2.34. The number of pyridine rings is 1. The summed E-state index contributed by atoms with van der Waals surface area (Å²) in [5.74, 6) is 0.785. The molecular formula is C18H23N5O2. The lowest BCUT2D eigenvalue weighted by molar-refractivity contribution is -0.129. The summed E-state index contributed by atoms with van der Waals surface area (Å²) in [5.41, 5.74) is 0.878. The minimum atomic E-state index is -0.281. The van der Waals surface area contributed by atoms with Crippen LogP contribution in [0.15, 0.2) is 36.8 Å². The molecule has 0 radical (unpaired) electrons. The number of rotatable bonds is 6. The van der Waals surface area contributed by atoms with Crippen molar-refractivity contribution in [2.24, 2.45) is 11.8 Å². The van der Waals surface area contributed by atoms with Gasteiger partial charge in [-0.25, -0.2) is 9.67 Å². The Balaban J connectivity index is 1.61. The summed E-state index contributed by atoms with van der Waals surface area (Å²) in [6, 6.07) is 5.57. The van der Waals surface area contributed by atoms with E-state index in [4.69, 9.17) is 0 Å². The first-order chi connectivity index (χ1) is 12.0.